The molecule has 4 heteroatoms. The lowest BCUT2D eigenvalue weighted by Crippen LogP contribution is -2.14. The first-order valence-corrected chi connectivity index (χ1v) is 8.88. The fraction of sp³-hybridized carbons (Fsp3) is 0.471. The molecular formula is C17H22BrClN2. The van der Waals surface area contributed by atoms with Crippen LogP contribution in [0, 0.1) is 19.8 Å². The number of hydrogen-bond donors (Lipinski definition) is 0. The number of alkyl halides is 1. The van der Waals surface area contributed by atoms with E-state index in [1.807, 2.05) is 11.6 Å². The largest absolute Gasteiger partial charge is 0.268 e. The van der Waals surface area contributed by atoms with Gasteiger partial charge < -0.3 is 0 Å². The highest BCUT2D eigenvalue weighted by Gasteiger charge is 2.17. The molecule has 1 atom stereocenters. The van der Waals surface area contributed by atoms with Crippen LogP contribution in [0.25, 0.3) is 0 Å². The van der Waals surface area contributed by atoms with E-state index in [4.69, 9.17) is 11.6 Å². The summed E-state index contributed by atoms with van der Waals surface area (Å²) in [5, 5.41) is 6.29. The van der Waals surface area contributed by atoms with Crippen LogP contribution in [-0.4, -0.2) is 15.1 Å². The van der Waals surface area contributed by atoms with Gasteiger partial charge in [-0.05, 0) is 45.1 Å². The number of benzene rings is 1. The van der Waals surface area contributed by atoms with Gasteiger partial charge in [-0.25, -0.2) is 0 Å². The van der Waals surface area contributed by atoms with Gasteiger partial charge in [0.05, 0.1) is 16.4 Å². The molecule has 21 heavy (non-hydrogen) atoms. The average molecular weight is 370 g/mol. The number of hydrogen-bond acceptors (Lipinski definition) is 1. The Labute approximate surface area is 140 Å². The zero-order valence-corrected chi connectivity index (χ0v) is 15.2. The van der Waals surface area contributed by atoms with Crippen LogP contribution in [0.3, 0.4) is 0 Å². The molecule has 0 saturated heterocycles. The van der Waals surface area contributed by atoms with E-state index in [0.29, 0.717) is 5.92 Å². The van der Waals surface area contributed by atoms with Crippen molar-refractivity contribution < 1.29 is 0 Å². The predicted molar refractivity (Wildman–Crippen MR) is 93.5 cm³/mol. The standard InChI is InChI=1S/C17H22BrClN2/c1-4-21-16(17(19)13(3)20-21)10-15(11-18)9-14-7-5-12(2)6-8-14/h5-8,15H,4,9-11H2,1-3H3. The van der Waals surface area contributed by atoms with Crippen molar-refractivity contribution in [3.05, 3.63) is 51.8 Å². The number of halogens is 2. The molecule has 2 aromatic rings. The van der Waals surface area contributed by atoms with Crippen molar-refractivity contribution >= 4 is 27.5 Å². The summed E-state index contributed by atoms with van der Waals surface area (Å²) >= 11 is 10.1. The van der Waals surface area contributed by atoms with Crippen LogP contribution in [0.1, 0.15) is 29.4 Å². The first kappa shape index (κ1) is 16.6. The number of aromatic nitrogens is 2. The first-order chi connectivity index (χ1) is 10.0. The first-order valence-electron chi connectivity index (χ1n) is 7.38. The summed E-state index contributed by atoms with van der Waals surface area (Å²) in [4.78, 5) is 0. The van der Waals surface area contributed by atoms with E-state index in [-0.39, 0.29) is 0 Å². The maximum Gasteiger partial charge on any atom is 0.0847 e. The van der Waals surface area contributed by atoms with Crippen molar-refractivity contribution in [3.63, 3.8) is 0 Å². The lowest BCUT2D eigenvalue weighted by Gasteiger charge is -2.15. The summed E-state index contributed by atoms with van der Waals surface area (Å²) in [7, 11) is 0. The second-order valence-corrected chi connectivity index (χ2v) is 6.60. The molecule has 1 heterocycles. The van der Waals surface area contributed by atoms with E-state index >= 15 is 0 Å². The summed E-state index contributed by atoms with van der Waals surface area (Å²) in [6.07, 6.45) is 2.00. The molecule has 0 amide bonds. The second kappa shape index (κ2) is 7.46. The van der Waals surface area contributed by atoms with Gasteiger partial charge in [0, 0.05) is 11.9 Å². The molecule has 0 aliphatic rings. The summed E-state index contributed by atoms with van der Waals surface area (Å²) in [5.41, 5.74) is 4.77. The van der Waals surface area contributed by atoms with E-state index in [9.17, 15) is 0 Å². The third-order valence-electron chi connectivity index (χ3n) is 3.80. The van der Waals surface area contributed by atoms with Crippen molar-refractivity contribution in [3.8, 4) is 0 Å². The lowest BCUT2D eigenvalue weighted by atomic mass is 9.96. The Kier molecular flexibility index (Phi) is 5.88. The van der Waals surface area contributed by atoms with E-state index < -0.39 is 0 Å². The lowest BCUT2D eigenvalue weighted by molar-refractivity contribution is 0.536. The van der Waals surface area contributed by atoms with Crippen molar-refractivity contribution in [1.29, 1.82) is 0 Å². The Hall–Kier alpha value is -0.800. The molecule has 2 rings (SSSR count). The van der Waals surface area contributed by atoms with Gasteiger partial charge in [-0.2, -0.15) is 5.10 Å². The number of aryl methyl sites for hydroxylation is 3. The molecule has 1 unspecified atom stereocenters. The summed E-state index contributed by atoms with van der Waals surface area (Å²) in [6, 6.07) is 8.78. The topological polar surface area (TPSA) is 17.8 Å². The Bertz CT molecular complexity index is 590. The summed E-state index contributed by atoms with van der Waals surface area (Å²) in [5.74, 6) is 0.520. The monoisotopic (exact) mass is 368 g/mol. The molecule has 0 N–H and O–H groups in total. The van der Waals surface area contributed by atoms with Crippen molar-refractivity contribution in [2.45, 2.75) is 40.2 Å². The van der Waals surface area contributed by atoms with E-state index in [0.717, 1.165) is 41.1 Å². The molecule has 0 bridgehead atoms. The normalized spacial score (nSPS) is 12.6. The van der Waals surface area contributed by atoms with Crippen LogP contribution in [0.5, 0.6) is 0 Å². The molecule has 0 radical (unpaired) electrons. The SMILES string of the molecule is CCn1nc(C)c(Cl)c1CC(CBr)Cc1ccc(C)cc1. The highest BCUT2D eigenvalue weighted by Crippen LogP contribution is 2.25. The molecule has 0 saturated carbocycles. The number of rotatable bonds is 6. The van der Waals surface area contributed by atoms with Gasteiger partial charge in [0.1, 0.15) is 0 Å². The quantitative estimate of drug-likeness (QED) is 0.657. The minimum absolute atomic E-state index is 0.520. The molecular weight excluding hydrogens is 348 g/mol. The maximum atomic E-state index is 6.42. The van der Waals surface area contributed by atoms with Crippen LogP contribution in [0.4, 0.5) is 0 Å². The van der Waals surface area contributed by atoms with Crippen LogP contribution in [0.15, 0.2) is 24.3 Å². The molecule has 2 nitrogen and oxygen atoms in total. The van der Waals surface area contributed by atoms with Gasteiger partial charge in [-0.1, -0.05) is 57.4 Å². The zero-order valence-electron chi connectivity index (χ0n) is 12.9. The molecule has 0 spiro atoms. The Morgan fingerprint density at radius 3 is 2.43 bits per heavy atom. The molecule has 0 aliphatic heterocycles. The van der Waals surface area contributed by atoms with E-state index in [2.05, 4.69) is 59.1 Å². The van der Waals surface area contributed by atoms with E-state index in [1.54, 1.807) is 0 Å². The van der Waals surface area contributed by atoms with Gasteiger partial charge in [-0.3, -0.25) is 4.68 Å². The second-order valence-electron chi connectivity index (χ2n) is 5.58. The van der Waals surface area contributed by atoms with Gasteiger partial charge in [0.2, 0.25) is 0 Å². The predicted octanol–water partition coefficient (Wildman–Crippen LogP) is 4.97. The highest BCUT2D eigenvalue weighted by atomic mass is 79.9. The third-order valence-corrected chi connectivity index (χ3v) is 5.21. The van der Waals surface area contributed by atoms with Crippen LogP contribution >= 0.6 is 27.5 Å². The molecule has 114 valence electrons. The van der Waals surface area contributed by atoms with Crippen molar-refractivity contribution in [2.24, 2.45) is 5.92 Å². The zero-order chi connectivity index (χ0) is 15.4. The van der Waals surface area contributed by atoms with Gasteiger partial charge in [0.15, 0.2) is 0 Å². The van der Waals surface area contributed by atoms with Crippen molar-refractivity contribution in [1.82, 2.24) is 9.78 Å². The molecule has 1 aromatic heterocycles. The Morgan fingerprint density at radius 1 is 1.19 bits per heavy atom. The van der Waals surface area contributed by atoms with Gasteiger partial charge >= 0.3 is 0 Å². The average Bonchev–Trinajstić information content (AvgIpc) is 2.76. The van der Waals surface area contributed by atoms with Gasteiger partial charge in [0.25, 0.3) is 0 Å². The Balaban J connectivity index is 2.14. The fourth-order valence-corrected chi connectivity index (χ4v) is 3.25. The minimum atomic E-state index is 0.520. The molecule has 0 aliphatic carbocycles. The third kappa shape index (κ3) is 4.10. The van der Waals surface area contributed by atoms with Crippen LogP contribution in [-0.2, 0) is 19.4 Å². The maximum absolute atomic E-state index is 6.42. The molecule has 1 aromatic carbocycles. The summed E-state index contributed by atoms with van der Waals surface area (Å²) < 4.78 is 2.03. The van der Waals surface area contributed by atoms with Crippen LogP contribution in [0.2, 0.25) is 5.02 Å². The minimum Gasteiger partial charge on any atom is -0.268 e. The van der Waals surface area contributed by atoms with E-state index in [1.165, 1.54) is 11.1 Å². The summed E-state index contributed by atoms with van der Waals surface area (Å²) in [6.45, 7) is 7.06. The fourth-order valence-electron chi connectivity index (χ4n) is 2.58. The molecule has 0 fully saturated rings. The highest BCUT2D eigenvalue weighted by molar-refractivity contribution is 9.09. The number of nitrogens with zero attached hydrogens (tertiary/aromatic N) is 2. The Morgan fingerprint density at radius 2 is 1.86 bits per heavy atom. The van der Waals surface area contributed by atoms with Gasteiger partial charge in [-0.15, -0.1) is 0 Å². The van der Waals surface area contributed by atoms with Crippen molar-refractivity contribution in [2.75, 3.05) is 5.33 Å². The smallest absolute Gasteiger partial charge is 0.0847 e. The van der Waals surface area contributed by atoms with Crippen LogP contribution < -0.4 is 0 Å².